The van der Waals surface area contributed by atoms with Crippen LogP contribution >= 0.6 is 0 Å². The molecule has 0 aromatic heterocycles. The molecular weight excluding hydrogens is 735 g/mol. The lowest BCUT2D eigenvalue weighted by Gasteiger charge is -2.43. The number of hydrogen-bond donors (Lipinski definition) is 0. The van der Waals surface area contributed by atoms with Crippen molar-refractivity contribution in [2.45, 2.75) is 62.7 Å². The molecule has 4 aliphatic rings. The molecule has 0 heterocycles. The van der Waals surface area contributed by atoms with Crippen molar-refractivity contribution < 1.29 is 0 Å². The zero-order valence-corrected chi connectivity index (χ0v) is 34.9. The molecule has 1 nitrogen and oxygen atoms in total. The average molecular weight is 782 g/mol. The Morgan fingerprint density at radius 3 is 1.72 bits per heavy atom. The lowest BCUT2D eigenvalue weighted by molar-refractivity contribution is 0.440. The zero-order valence-electron chi connectivity index (χ0n) is 34.9. The molecule has 0 aliphatic heterocycles. The Bertz CT molecular complexity index is 3280. The van der Waals surface area contributed by atoms with E-state index < -0.39 is 5.41 Å². The van der Waals surface area contributed by atoms with Gasteiger partial charge in [-0.2, -0.15) is 0 Å². The zero-order chi connectivity index (χ0) is 40.5. The van der Waals surface area contributed by atoms with E-state index in [0.717, 1.165) is 0 Å². The third kappa shape index (κ3) is 4.72. The summed E-state index contributed by atoms with van der Waals surface area (Å²) in [5, 5.41) is 5.25. The summed E-state index contributed by atoms with van der Waals surface area (Å²) < 4.78 is 0. The summed E-state index contributed by atoms with van der Waals surface area (Å²) in [5.74, 6) is 0.536. The van der Waals surface area contributed by atoms with Gasteiger partial charge in [-0.1, -0.05) is 185 Å². The van der Waals surface area contributed by atoms with E-state index in [0.29, 0.717) is 5.92 Å². The Kier molecular flexibility index (Phi) is 7.42. The lowest BCUT2D eigenvalue weighted by Crippen LogP contribution is -2.34. The van der Waals surface area contributed by atoms with Crippen LogP contribution in [0.2, 0.25) is 0 Å². The van der Waals surface area contributed by atoms with Gasteiger partial charge in [0.15, 0.2) is 0 Å². The number of anilines is 3. The van der Waals surface area contributed by atoms with Crippen molar-refractivity contribution in [1.29, 1.82) is 0 Å². The van der Waals surface area contributed by atoms with Crippen molar-refractivity contribution >= 4 is 38.6 Å². The first-order valence-electron chi connectivity index (χ1n) is 22.5. The number of benzene rings is 9. The van der Waals surface area contributed by atoms with Crippen LogP contribution in [0.1, 0.15) is 90.8 Å². The van der Waals surface area contributed by atoms with Crippen molar-refractivity contribution in [1.82, 2.24) is 0 Å². The SMILES string of the molecule is CC1(C)c2ccccc2-c2ccc(N(c3ccc4c(c3)C3(c5ccccc5-4)c4ccccc4-c4cccc5ccc(C6CCCCC6)c3c45)c3cccc4ccccc34)cc21. The fourth-order valence-corrected chi connectivity index (χ4v) is 12.6. The van der Waals surface area contributed by atoms with Gasteiger partial charge in [0, 0.05) is 22.2 Å². The quantitative estimate of drug-likeness (QED) is 0.172. The van der Waals surface area contributed by atoms with Crippen LogP contribution in [0.4, 0.5) is 17.1 Å². The summed E-state index contributed by atoms with van der Waals surface area (Å²) >= 11 is 0. The summed E-state index contributed by atoms with van der Waals surface area (Å²) in [7, 11) is 0. The molecule has 0 amide bonds. The molecule has 1 unspecified atom stereocenters. The molecule has 13 rings (SSSR count). The standard InChI is InChI=1S/C60H47N/c1-59(2)51-26-11-8-22-45(51)48-34-31-41(36-54(48)59)61(56-29-15-19-38-18-6-7-21-43(38)56)42-32-35-49-46-23-9-12-27-52(46)60(55(49)37-42)53-28-13-10-24-47(53)50-25-14-20-40-30-33-44(58(60)57(40)50)39-16-4-3-5-17-39/h6-15,18-37,39H,3-5,16-17H2,1-2H3. The molecular formula is C60H47N. The summed E-state index contributed by atoms with van der Waals surface area (Å²) in [6.07, 6.45) is 6.44. The Morgan fingerprint density at radius 1 is 0.426 bits per heavy atom. The second kappa shape index (κ2) is 12.9. The molecule has 0 saturated heterocycles. The van der Waals surface area contributed by atoms with E-state index in [1.54, 1.807) is 5.56 Å². The van der Waals surface area contributed by atoms with E-state index in [-0.39, 0.29) is 5.41 Å². The largest absolute Gasteiger partial charge is 0.310 e. The van der Waals surface area contributed by atoms with Gasteiger partial charge in [-0.05, 0) is 138 Å². The van der Waals surface area contributed by atoms with Crippen LogP contribution in [0.3, 0.4) is 0 Å². The highest BCUT2D eigenvalue weighted by Gasteiger charge is 2.52. The van der Waals surface area contributed by atoms with Gasteiger partial charge in [-0.25, -0.2) is 0 Å². The van der Waals surface area contributed by atoms with Crippen molar-refractivity contribution in [3.8, 4) is 33.4 Å². The van der Waals surface area contributed by atoms with Crippen molar-refractivity contribution in [2.24, 2.45) is 0 Å². The molecule has 1 atom stereocenters. The molecule has 61 heavy (non-hydrogen) atoms. The van der Waals surface area contributed by atoms with Crippen molar-refractivity contribution in [2.75, 3.05) is 4.90 Å². The minimum atomic E-state index is -0.495. The van der Waals surface area contributed by atoms with Gasteiger partial charge in [-0.3, -0.25) is 0 Å². The van der Waals surface area contributed by atoms with Gasteiger partial charge in [-0.15, -0.1) is 0 Å². The van der Waals surface area contributed by atoms with Crippen LogP contribution in [0.5, 0.6) is 0 Å². The van der Waals surface area contributed by atoms with E-state index in [9.17, 15) is 0 Å². The third-order valence-electron chi connectivity index (χ3n) is 15.2. The van der Waals surface area contributed by atoms with E-state index in [4.69, 9.17) is 0 Å². The number of nitrogens with zero attached hydrogens (tertiary/aromatic N) is 1. The Labute approximate surface area is 359 Å². The highest BCUT2D eigenvalue weighted by atomic mass is 15.1. The molecule has 0 N–H and O–H groups in total. The third-order valence-corrected chi connectivity index (χ3v) is 15.2. The second-order valence-electron chi connectivity index (χ2n) is 18.6. The van der Waals surface area contributed by atoms with E-state index in [1.807, 2.05) is 0 Å². The Hall–Kier alpha value is -6.70. The number of fused-ring (bicyclic) bond motifs is 13. The molecule has 9 aromatic carbocycles. The first kappa shape index (κ1) is 35.1. The van der Waals surface area contributed by atoms with Crippen molar-refractivity contribution in [3.05, 3.63) is 221 Å². The predicted molar refractivity (Wildman–Crippen MR) is 256 cm³/mol. The lowest BCUT2D eigenvalue weighted by atomic mass is 9.59. The van der Waals surface area contributed by atoms with Gasteiger partial charge in [0.2, 0.25) is 0 Å². The van der Waals surface area contributed by atoms with E-state index in [1.165, 1.54) is 137 Å². The van der Waals surface area contributed by atoms with Crippen LogP contribution in [-0.4, -0.2) is 0 Å². The van der Waals surface area contributed by atoms with Gasteiger partial charge in [0.05, 0.1) is 11.1 Å². The normalized spacial score (nSPS) is 17.8. The molecule has 0 radical (unpaired) electrons. The van der Waals surface area contributed by atoms with Crippen LogP contribution in [0, 0.1) is 0 Å². The minimum absolute atomic E-state index is 0.122. The maximum atomic E-state index is 2.60. The van der Waals surface area contributed by atoms with Gasteiger partial charge in [0.1, 0.15) is 0 Å². The Morgan fingerprint density at radius 2 is 0.967 bits per heavy atom. The minimum Gasteiger partial charge on any atom is -0.310 e. The molecule has 292 valence electrons. The van der Waals surface area contributed by atoms with Gasteiger partial charge < -0.3 is 4.90 Å². The molecule has 9 aromatic rings. The highest BCUT2D eigenvalue weighted by molar-refractivity contribution is 6.08. The topological polar surface area (TPSA) is 3.24 Å². The number of hydrogen-bond acceptors (Lipinski definition) is 1. The molecule has 1 heteroatoms. The maximum Gasteiger partial charge on any atom is 0.0729 e. The summed E-state index contributed by atoms with van der Waals surface area (Å²) in [5.41, 5.74) is 21.1. The van der Waals surface area contributed by atoms with Crippen LogP contribution < -0.4 is 4.90 Å². The van der Waals surface area contributed by atoms with Crippen LogP contribution in [-0.2, 0) is 10.8 Å². The Balaban J connectivity index is 1.13. The fourth-order valence-electron chi connectivity index (χ4n) is 12.6. The van der Waals surface area contributed by atoms with E-state index in [2.05, 4.69) is 201 Å². The van der Waals surface area contributed by atoms with Crippen LogP contribution in [0.25, 0.3) is 54.9 Å². The first-order chi connectivity index (χ1) is 30.0. The first-order valence-corrected chi connectivity index (χ1v) is 22.5. The summed E-state index contributed by atoms with van der Waals surface area (Å²) in [4.78, 5) is 2.56. The molecule has 1 spiro atoms. The molecule has 0 bridgehead atoms. The monoisotopic (exact) mass is 781 g/mol. The predicted octanol–water partition coefficient (Wildman–Crippen LogP) is 16.2. The smallest absolute Gasteiger partial charge is 0.0729 e. The molecule has 4 aliphatic carbocycles. The highest BCUT2D eigenvalue weighted by Crippen LogP contribution is 2.64. The maximum absolute atomic E-state index is 2.60. The average Bonchev–Trinajstić information content (AvgIpc) is 3.73. The molecule has 1 fully saturated rings. The summed E-state index contributed by atoms with van der Waals surface area (Å²) in [6, 6.07) is 70.0. The van der Waals surface area contributed by atoms with Crippen LogP contribution in [0.15, 0.2) is 182 Å². The van der Waals surface area contributed by atoms with Crippen molar-refractivity contribution in [3.63, 3.8) is 0 Å². The fraction of sp³-hybridized carbons (Fsp3) is 0.167. The second-order valence-corrected chi connectivity index (χ2v) is 18.6. The van der Waals surface area contributed by atoms with Gasteiger partial charge >= 0.3 is 0 Å². The van der Waals surface area contributed by atoms with E-state index >= 15 is 0 Å². The summed E-state index contributed by atoms with van der Waals surface area (Å²) in [6.45, 7) is 4.78. The number of rotatable bonds is 4. The van der Waals surface area contributed by atoms with Gasteiger partial charge in [0.25, 0.3) is 0 Å². The molecule has 1 saturated carbocycles.